The van der Waals surface area contributed by atoms with Crippen molar-refractivity contribution in [3.8, 4) is 0 Å². The highest BCUT2D eigenvalue weighted by Crippen LogP contribution is 2.28. The molecule has 1 aromatic rings. The summed E-state index contributed by atoms with van der Waals surface area (Å²) >= 11 is 1.87. The molecule has 2 heteroatoms. The molecule has 0 atom stereocenters. The van der Waals surface area contributed by atoms with E-state index in [0.29, 0.717) is 16.8 Å². The molecule has 1 aliphatic carbocycles. The molecule has 0 saturated heterocycles. The number of carbonyl (C=O) groups excluding carboxylic acids is 1. The number of rotatable bonds is 4. The van der Waals surface area contributed by atoms with Gasteiger partial charge in [0.25, 0.3) is 0 Å². The van der Waals surface area contributed by atoms with Crippen LogP contribution in [0.1, 0.15) is 53.6 Å². The van der Waals surface area contributed by atoms with Crippen molar-refractivity contribution in [2.75, 3.05) is 5.75 Å². The molecule has 0 aliphatic heterocycles. The van der Waals surface area contributed by atoms with E-state index >= 15 is 0 Å². The van der Waals surface area contributed by atoms with Gasteiger partial charge in [-0.1, -0.05) is 37.0 Å². The van der Waals surface area contributed by atoms with Gasteiger partial charge in [0.15, 0.2) is 5.78 Å². The maximum Gasteiger partial charge on any atom is 0.173 e. The Bertz CT molecular complexity index is 419. The molecule has 0 bridgehead atoms. The smallest absolute Gasteiger partial charge is 0.173 e. The molecule has 0 N–H and O–H groups in total. The molecule has 0 spiro atoms. The van der Waals surface area contributed by atoms with E-state index in [0.717, 1.165) is 11.1 Å². The lowest BCUT2D eigenvalue weighted by Gasteiger charge is -2.20. The van der Waals surface area contributed by atoms with Crippen molar-refractivity contribution in [2.45, 2.75) is 51.2 Å². The van der Waals surface area contributed by atoms with Gasteiger partial charge in [0, 0.05) is 10.8 Å². The highest BCUT2D eigenvalue weighted by atomic mass is 32.2. The van der Waals surface area contributed by atoms with Crippen LogP contribution in [-0.4, -0.2) is 16.8 Å². The van der Waals surface area contributed by atoms with E-state index in [2.05, 4.69) is 6.07 Å². The predicted molar refractivity (Wildman–Crippen MR) is 79.6 cm³/mol. The molecule has 1 aromatic carbocycles. The molecule has 0 radical (unpaired) electrons. The normalized spacial score (nSPS) is 16.8. The zero-order valence-corrected chi connectivity index (χ0v) is 12.2. The number of ketones is 1. The second-order valence-corrected chi connectivity index (χ2v) is 6.60. The van der Waals surface area contributed by atoms with E-state index in [1.54, 1.807) is 0 Å². The molecule has 0 aromatic heterocycles. The fourth-order valence-electron chi connectivity index (χ4n) is 2.54. The van der Waals surface area contributed by atoms with Gasteiger partial charge in [-0.25, -0.2) is 0 Å². The third kappa shape index (κ3) is 3.61. The number of hydrogen-bond acceptors (Lipinski definition) is 2. The van der Waals surface area contributed by atoms with Gasteiger partial charge in [-0.15, -0.1) is 0 Å². The fourth-order valence-corrected chi connectivity index (χ4v) is 3.75. The fraction of sp³-hybridized carbons (Fsp3) is 0.562. The van der Waals surface area contributed by atoms with Crippen molar-refractivity contribution < 1.29 is 4.79 Å². The van der Waals surface area contributed by atoms with Crippen molar-refractivity contribution in [1.29, 1.82) is 0 Å². The molecule has 1 aliphatic rings. The SMILES string of the molecule is Cc1ccc(C)c(C(=O)CSC2CCCCC2)c1. The molecule has 1 nitrogen and oxygen atoms in total. The Kier molecular flexibility index (Phi) is 4.87. The van der Waals surface area contributed by atoms with Crippen LogP contribution in [-0.2, 0) is 0 Å². The first-order valence-corrected chi connectivity index (χ1v) is 7.94. The van der Waals surface area contributed by atoms with Gasteiger partial charge < -0.3 is 0 Å². The average Bonchev–Trinajstić information content (AvgIpc) is 2.40. The molecule has 0 amide bonds. The van der Waals surface area contributed by atoms with Crippen LogP contribution >= 0.6 is 11.8 Å². The van der Waals surface area contributed by atoms with E-state index < -0.39 is 0 Å². The molecule has 18 heavy (non-hydrogen) atoms. The molecule has 1 fully saturated rings. The number of aryl methyl sites for hydroxylation is 2. The zero-order chi connectivity index (χ0) is 13.0. The largest absolute Gasteiger partial charge is 0.293 e. The Morgan fingerprint density at radius 1 is 1.22 bits per heavy atom. The number of hydrogen-bond donors (Lipinski definition) is 0. The zero-order valence-electron chi connectivity index (χ0n) is 11.4. The minimum atomic E-state index is 0.298. The molecular formula is C16H22OS. The highest BCUT2D eigenvalue weighted by Gasteiger charge is 2.16. The third-order valence-corrected chi connectivity index (χ3v) is 5.07. The van der Waals surface area contributed by atoms with E-state index in [1.807, 2.05) is 37.7 Å². The van der Waals surface area contributed by atoms with Gasteiger partial charge in [0.05, 0.1) is 5.75 Å². The minimum absolute atomic E-state index is 0.298. The average molecular weight is 262 g/mol. The summed E-state index contributed by atoms with van der Waals surface area (Å²) in [6, 6.07) is 6.15. The Labute approximate surface area is 114 Å². The standard InChI is InChI=1S/C16H22OS/c1-12-8-9-13(2)15(10-12)16(17)11-18-14-6-4-3-5-7-14/h8-10,14H,3-7,11H2,1-2H3. The monoisotopic (exact) mass is 262 g/mol. The summed E-state index contributed by atoms with van der Waals surface area (Å²) in [5.41, 5.74) is 3.19. The summed E-state index contributed by atoms with van der Waals surface area (Å²) in [5, 5.41) is 0.716. The molecule has 98 valence electrons. The third-order valence-electron chi connectivity index (χ3n) is 3.70. The number of carbonyl (C=O) groups is 1. The highest BCUT2D eigenvalue weighted by molar-refractivity contribution is 8.00. The summed E-state index contributed by atoms with van der Waals surface area (Å²) in [7, 11) is 0. The van der Waals surface area contributed by atoms with Crippen LogP contribution in [0.2, 0.25) is 0 Å². The summed E-state index contributed by atoms with van der Waals surface area (Å²) in [6.45, 7) is 4.07. The Morgan fingerprint density at radius 2 is 1.94 bits per heavy atom. The lowest BCUT2D eigenvalue weighted by molar-refractivity contribution is 0.102. The van der Waals surface area contributed by atoms with E-state index in [-0.39, 0.29) is 0 Å². The summed E-state index contributed by atoms with van der Waals surface area (Å²) in [6.07, 6.45) is 6.65. The van der Waals surface area contributed by atoms with Crippen molar-refractivity contribution in [3.63, 3.8) is 0 Å². The molecule has 1 saturated carbocycles. The van der Waals surface area contributed by atoms with Crippen LogP contribution in [0, 0.1) is 13.8 Å². The Hall–Kier alpha value is -0.760. The Balaban J connectivity index is 1.92. The lowest BCUT2D eigenvalue weighted by Crippen LogP contribution is -2.13. The summed E-state index contributed by atoms with van der Waals surface area (Å²) in [5.74, 6) is 0.946. The van der Waals surface area contributed by atoms with Gasteiger partial charge in [-0.2, -0.15) is 11.8 Å². The van der Waals surface area contributed by atoms with Crippen LogP contribution in [0.4, 0.5) is 0 Å². The Morgan fingerprint density at radius 3 is 2.67 bits per heavy atom. The van der Waals surface area contributed by atoms with E-state index in [1.165, 1.54) is 37.7 Å². The van der Waals surface area contributed by atoms with Crippen molar-refractivity contribution >= 4 is 17.5 Å². The summed E-state index contributed by atoms with van der Waals surface area (Å²) < 4.78 is 0. The second-order valence-electron chi connectivity index (χ2n) is 5.31. The topological polar surface area (TPSA) is 17.1 Å². The maximum atomic E-state index is 12.2. The maximum absolute atomic E-state index is 12.2. The van der Waals surface area contributed by atoms with Crippen LogP contribution in [0.5, 0.6) is 0 Å². The molecular weight excluding hydrogens is 240 g/mol. The quantitative estimate of drug-likeness (QED) is 0.740. The molecule has 2 rings (SSSR count). The minimum Gasteiger partial charge on any atom is -0.293 e. The van der Waals surface area contributed by atoms with Gasteiger partial charge in [-0.05, 0) is 38.3 Å². The first kappa shape index (κ1) is 13.7. The van der Waals surface area contributed by atoms with E-state index in [4.69, 9.17) is 0 Å². The van der Waals surface area contributed by atoms with Crippen molar-refractivity contribution in [3.05, 3.63) is 34.9 Å². The first-order valence-electron chi connectivity index (χ1n) is 6.89. The first-order chi connectivity index (χ1) is 8.66. The van der Waals surface area contributed by atoms with Gasteiger partial charge in [0.2, 0.25) is 0 Å². The van der Waals surface area contributed by atoms with Crippen LogP contribution in [0.25, 0.3) is 0 Å². The van der Waals surface area contributed by atoms with Gasteiger partial charge in [0.1, 0.15) is 0 Å². The number of thioether (sulfide) groups is 1. The molecule has 0 unspecified atom stereocenters. The lowest BCUT2D eigenvalue weighted by atomic mass is 10.0. The molecule has 0 heterocycles. The van der Waals surface area contributed by atoms with Crippen molar-refractivity contribution in [2.24, 2.45) is 0 Å². The van der Waals surface area contributed by atoms with Crippen LogP contribution < -0.4 is 0 Å². The summed E-state index contributed by atoms with van der Waals surface area (Å²) in [4.78, 5) is 12.2. The van der Waals surface area contributed by atoms with Gasteiger partial charge in [-0.3, -0.25) is 4.79 Å². The van der Waals surface area contributed by atoms with Crippen LogP contribution in [0.3, 0.4) is 0 Å². The van der Waals surface area contributed by atoms with E-state index in [9.17, 15) is 4.79 Å². The number of Topliss-reactive ketones (excluding diaryl/α,β-unsaturated/α-hetero) is 1. The van der Waals surface area contributed by atoms with Crippen LogP contribution in [0.15, 0.2) is 18.2 Å². The second kappa shape index (κ2) is 6.42. The van der Waals surface area contributed by atoms with Crippen molar-refractivity contribution in [1.82, 2.24) is 0 Å². The predicted octanol–water partition coefficient (Wildman–Crippen LogP) is 4.55. The van der Waals surface area contributed by atoms with Gasteiger partial charge >= 0.3 is 0 Å². The number of benzene rings is 1.